The van der Waals surface area contributed by atoms with Crippen LogP contribution in [0, 0.1) is 6.92 Å². The Morgan fingerprint density at radius 2 is 1.85 bits per heavy atom. The number of benzene rings is 1. The summed E-state index contributed by atoms with van der Waals surface area (Å²) in [5.41, 5.74) is 1.75. The number of hydrogen-bond donors (Lipinski definition) is 1. The molecule has 0 aromatic heterocycles. The molecule has 1 heterocycles. The summed E-state index contributed by atoms with van der Waals surface area (Å²) in [6.07, 6.45) is 0. The summed E-state index contributed by atoms with van der Waals surface area (Å²) in [5.74, 6) is 1.51. The highest BCUT2D eigenvalue weighted by Gasteiger charge is 2.43. The van der Waals surface area contributed by atoms with Gasteiger partial charge in [0.15, 0.2) is 0 Å². The van der Waals surface area contributed by atoms with E-state index in [9.17, 15) is 9.59 Å². The molecule has 0 spiro atoms. The SMILES string of the molecule is Cc1ccc(CSCCN2C(=O)NC(C)(C)C2=O)cc1. The van der Waals surface area contributed by atoms with Crippen molar-refractivity contribution in [3.8, 4) is 0 Å². The van der Waals surface area contributed by atoms with Crippen molar-refractivity contribution >= 4 is 23.7 Å². The summed E-state index contributed by atoms with van der Waals surface area (Å²) in [5, 5.41) is 2.69. The fraction of sp³-hybridized carbons (Fsp3) is 0.467. The molecular weight excluding hydrogens is 272 g/mol. The van der Waals surface area contributed by atoms with Crippen molar-refractivity contribution in [2.45, 2.75) is 32.1 Å². The highest BCUT2D eigenvalue weighted by molar-refractivity contribution is 7.98. The van der Waals surface area contributed by atoms with Gasteiger partial charge in [0.25, 0.3) is 5.91 Å². The standard InChI is InChI=1S/C15H20N2O2S/c1-11-4-6-12(7-5-11)10-20-9-8-17-13(18)15(2,3)16-14(17)19/h4-7H,8-10H2,1-3H3,(H,16,19). The van der Waals surface area contributed by atoms with E-state index in [0.29, 0.717) is 6.54 Å². The Morgan fingerprint density at radius 1 is 1.20 bits per heavy atom. The zero-order valence-corrected chi connectivity index (χ0v) is 12.9. The number of thioether (sulfide) groups is 1. The molecule has 1 aromatic carbocycles. The predicted molar refractivity (Wildman–Crippen MR) is 81.7 cm³/mol. The maximum atomic E-state index is 12.0. The Hall–Kier alpha value is -1.49. The van der Waals surface area contributed by atoms with E-state index < -0.39 is 5.54 Å². The van der Waals surface area contributed by atoms with Gasteiger partial charge in [-0.15, -0.1) is 0 Å². The minimum absolute atomic E-state index is 0.140. The molecular formula is C15H20N2O2S. The number of urea groups is 1. The van der Waals surface area contributed by atoms with Gasteiger partial charge in [-0.25, -0.2) is 4.79 Å². The molecule has 5 heteroatoms. The Bertz CT molecular complexity index is 511. The number of nitrogens with zero attached hydrogens (tertiary/aromatic N) is 1. The van der Waals surface area contributed by atoms with Crippen molar-refractivity contribution in [2.24, 2.45) is 0 Å². The molecule has 1 saturated heterocycles. The van der Waals surface area contributed by atoms with Crippen molar-refractivity contribution in [1.29, 1.82) is 0 Å². The third kappa shape index (κ3) is 3.33. The molecule has 2 rings (SSSR count). The molecule has 1 aromatic rings. The highest BCUT2D eigenvalue weighted by Crippen LogP contribution is 2.18. The molecule has 0 radical (unpaired) electrons. The van der Waals surface area contributed by atoms with Crippen LogP contribution in [-0.4, -0.2) is 34.7 Å². The first kappa shape index (κ1) is 14.9. The molecule has 4 nitrogen and oxygen atoms in total. The normalized spacial score (nSPS) is 17.4. The summed E-state index contributed by atoms with van der Waals surface area (Å²) in [6, 6.07) is 8.13. The summed E-state index contributed by atoms with van der Waals surface area (Å²) >= 11 is 1.73. The smallest absolute Gasteiger partial charge is 0.324 e. The topological polar surface area (TPSA) is 49.4 Å². The maximum Gasteiger partial charge on any atom is 0.325 e. The van der Waals surface area contributed by atoms with E-state index in [1.54, 1.807) is 25.6 Å². The van der Waals surface area contributed by atoms with Gasteiger partial charge in [-0.3, -0.25) is 9.69 Å². The van der Waals surface area contributed by atoms with Gasteiger partial charge in [0.2, 0.25) is 0 Å². The summed E-state index contributed by atoms with van der Waals surface area (Å²) in [6.45, 7) is 5.99. The van der Waals surface area contributed by atoms with Crippen LogP contribution in [-0.2, 0) is 10.5 Å². The first-order valence-corrected chi connectivity index (χ1v) is 7.83. The number of hydrogen-bond acceptors (Lipinski definition) is 3. The molecule has 1 aliphatic rings. The largest absolute Gasteiger partial charge is 0.325 e. The lowest BCUT2D eigenvalue weighted by Gasteiger charge is -2.15. The first-order valence-electron chi connectivity index (χ1n) is 6.67. The minimum Gasteiger partial charge on any atom is -0.324 e. The Labute approximate surface area is 123 Å². The Morgan fingerprint density at radius 3 is 2.40 bits per heavy atom. The lowest BCUT2D eigenvalue weighted by atomic mass is 10.1. The number of nitrogens with one attached hydrogen (secondary N) is 1. The first-order chi connectivity index (χ1) is 9.40. The second-order valence-corrected chi connectivity index (χ2v) is 6.66. The minimum atomic E-state index is -0.765. The van der Waals surface area contributed by atoms with Crippen molar-refractivity contribution in [1.82, 2.24) is 10.2 Å². The Kier molecular flexibility index (Phi) is 4.38. The van der Waals surface area contributed by atoms with Crippen LogP contribution in [0.2, 0.25) is 0 Å². The molecule has 1 fully saturated rings. The zero-order valence-electron chi connectivity index (χ0n) is 12.1. The van der Waals surface area contributed by atoms with E-state index in [2.05, 4.69) is 36.5 Å². The highest BCUT2D eigenvalue weighted by atomic mass is 32.2. The van der Waals surface area contributed by atoms with E-state index in [1.807, 2.05) is 0 Å². The van der Waals surface area contributed by atoms with Gasteiger partial charge in [-0.05, 0) is 26.3 Å². The van der Waals surface area contributed by atoms with Crippen LogP contribution in [0.3, 0.4) is 0 Å². The van der Waals surface area contributed by atoms with Gasteiger partial charge < -0.3 is 5.32 Å². The van der Waals surface area contributed by atoms with Gasteiger partial charge in [0.1, 0.15) is 5.54 Å². The second-order valence-electron chi connectivity index (χ2n) is 5.55. The average Bonchev–Trinajstić information content (AvgIpc) is 2.58. The van der Waals surface area contributed by atoms with Crippen molar-refractivity contribution < 1.29 is 9.59 Å². The monoisotopic (exact) mass is 292 g/mol. The molecule has 0 unspecified atom stereocenters. The molecule has 0 saturated carbocycles. The van der Waals surface area contributed by atoms with Crippen LogP contribution in [0.1, 0.15) is 25.0 Å². The quantitative estimate of drug-likeness (QED) is 0.670. The van der Waals surface area contributed by atoms with E-state index >= 15 is 0 Å². The van der Waals surface area contributed by atoms with Gasteiger partial charge >= 0.3 is 6.03 Å². The molecule has 0 aliphatic carbocycles. The summed E-state index contributed by atoms with van der Waals surface area (Å²) < 4.78 is 0. The third-order valence-electron chi connectivity index (χ3n) is 3.29. The number of imide groups is 1. The van der Waals surface area contributed by atoms with Gasteiger partial charge in [-0.2, -0.15) is 11.8 Å². The summed E-state index contributed by atoms with van der Waals surface area (Å²) in [7, 11) is 0. The van der Waals surface area contributed by atoms with E-state index in [-0.39, 0.29) is 11.9 Å². The fourth-order valence-electron chi connectivity index (χ4n) is 2.05. The molecule has 0 bridgehead atoms. The molecule has 1 N–H and O–H groups in total. The van der Waals surface area contributed by atoms with Gasteiger partial charge in [0, 0.05) is 18.1 Å². The second kappa shape index (κ2) is 5.87. The van der Waals surface area contributed by atoms with Crippen LogP contribution in [0.5, 0.6) is 0 Å². The number of amides is 3. The van der Waals surface area contributed by atoms with E-state index in [0.717, 1.165) is 11.5 Å². The van der Waals surface area contributed by atoms with Crippen molar-refractivity contribution in [3.05, 3.63) is 35.4 Å². The lowest BCUT2D eigenvalue weighted by Crippen LogP contribution is -2.40. The average molecular weight is 292 g/mol. The third-order valence-corrected chi connectivity index (χ3v) is 4.30. The van der Waals surface area contributed by atoms with E-state index in [1.165, 1.54) is 16.0 Å². The van der Waals surface area contributed by atoms with Crippen molar-refractivity contribution in [3.63, 3.8) is 0 Å². The van der Waals surface area contributed by atoms with Crippen LogP contribution in [0.25, 0.3) is 0 Å². The molecule has 0 atom stereocenters. The van der Waals surface area contributed by atoms with E-state index in [4.69, 9.17) is 0 Å². The lowest BCUT2D eigenvalue weighted by molar-refractivity contribution is -0.130. The Balaban J connectivity index is 1.78. The maximum absolute atomic E-state index is 12.0. The van der Waals surface area contributed by atoms with Gasteiger partial charge in [0.05, 0.1) is 0 Å². The number of carbonyl (C=O) groups is 2. The molecule has 3 amide bonds. The van der Waals surface area contributed by atoms with Crippen molar-refractivity contribution in [2.75, 3.05) is 12.3 Å². The fourth-order valence-corrected chi connectivity index (χ4v) is 2.94. The van der Waals surface area contributed by atoms with Crippen LogP contribution < -0.4 is 5.32 Å². The number of carbonyl (C=O) groups excluding carboxylic acids is 2. The summed E-state index contributed by atoms with van der Waals surface area (Å²) in [4.78, 5) is 25.0. The number of rotatable bonds is 5. The van der Waals surface area contributed by atoms with Crippen LogP contribution >= 0.6 is 11.8 Å². The van der Waals surface area contributed by atoms with Crippen LogP contribution in [0.15, 0.2) is 24.3 Å². The molecule has 108 valence electrons. The van der Waals surface area contributed by atoms with Crippen LogP contribution in [0.4, 0.5) is 4.79 Å². The zero-order chi connectivity index (χ0) is 14.8. The number of aryl methyl sites for hydroxylation is 1. The molecule has 20 heavy (non-hydrogen) atoms. The predicted octanol–water partition coefficient (Wildman–Crippen LogP) is 2.56. The molecule has 1 aliphatic heterocycles. The van der Waals surface area contributed by atoms with Gasteiger partial charge in [-0.1, -0.05) is 29.8 Å².